The van der Waals surface area contributed by atoms with Gasteiger partial charge in [0.2, 0.25) is 5.91 Å². The Morgan fingerprint density at radius 3 is 2.96 bits per heavy atom. The van der Waals surface area contributed by atoms with E-state index in [0.29, 0.717) is 24.3 Å². The molecular weight excluding hydrogens is 304 g/mol. The summed E-state index contributed by atoms with van der Waals surface area (Å²) in [6.07, 6.45) is 2.80. The van der Waals surface area contributed by atoms with Gasteiger partial charge in [0.1, 0.15) is 0 Å². The number of hydrogen-bond acceptors (Lipinski definition) is 3. The molecule has 1 fully saturated rings. The third-order valence-electron chi connectivity index (χ3n) is 5.03. The van der Waals surface area contributed by atoms with Gasteiger partial charge in [0.05, 0.1) is 0 Å². The summed E-state index contributed by atoms with van der Waals surface area (Å²) in [5.74, 6) is 0.856. The van der Waals surface area contributed by atoms with Crippen molar-refractivity contribution < 1.29 is 4.79 Å². The molecule has 0 saturated carbocycles. The van der Waals surface area contributed by atoms with Crippen molar-refractivity contribution in [1.82, 2.24) is 10.2 Å². The largest absolute Gasteiger partial charge is 0.342 e. The van der Waals surface area contributed by atoms with Crippen LogP contribution < -0.4 is 5.32 Å². The van der Waals surface area contributed by atoms with Crippen LogP contribution in [0.4, 0.5) is 0 Å². The molecule has 1 aliphatic heterocycles. The van der Waals surface area contributed by atoms with Crippen LogP contribution in [0, 0.1) is 5.92 Å². The molecule has 23 heavy (non-hydrogen) atoms. The Bertz CT molecular complexity index is 666. The second-order valence-electron chi connectivity index (χ2n) is 6.39. The number of carbonyl (C=O) groups is 1. The Balaban J connectivity index is 1.62. The third-order valence-corrected chi connectivity index (χ3v) is 6.04. The van der Waals surface area contributed by atoms with E-state index in [9.17, 15) is 4.79 Å². The van der Waals surface area contributed by atoms with Gasteiger partial charge in [-0.3, -0.25) is 4.79 Å². The summed E-state index contributed by atoms with van der Waals surface area (Å²) in [7, 11) is 0. The average Bonchev–Trinajstić information content (AvgIpc) is 3.02. The molecule has 1 N–H and O–H groups in total. The van der Waals surface area contributed by atoms with Gasteiger partial charge < -0.3 is 10.2 Å². The van der Waals surface area contributed by atoms with Crippen molar-refractivity contribution in [3.63, 3.8) is 0 Å². The number of hydrogen-bond donors (Lipinski definition) is 1. The predicted molar refractivity (Wildman–Crippen MR) is 97.7 cm³/mol. The van der Waals surface area contributed by atoms with Gasteiger partial charge in [0.15, 0.2) is 0 Å². The summed E-state index contributed by atoms with van der Waals surface area (Å²) in [4.78, 5) is 14.0. The van der Waals surface area contributed by atoms with Crippen molar-refractivity contribution >= 4 is 27.3 Å². The predicted octanol–water partition coefficient (Wildman–Crippen LogP) is 4.03. The van der Waals surface area contributed by atoms with Crippen molar-refractivity contribution in [3.8, 4) is 0 Å². The lowest BCUT2D eigenvalue weighted by molar-refractivity contribution is -0.133. The monoisotopic (exact) mass is 330 g/mol. The van der Waals surface area contributed by atoms with E-state index in [-0.39, 0.29) is 0 Å². The van der Waals surface area contributed by atoms with Crippen LogP contribution in [0.3, 0.4) is 0 Å². The number of thiophene rings is 1. The summed E-state index contributed by atoms with van der Waals surface area (Å²) in [6.45, 7) is 6.91. The van der Waals surface area contributed by atoms with Crippen LogP contribution in [-0.2, 0) is 11.3 Å². The van der Waals surface area contributed by atoms with Gasteiger partial charge >= 0.3 is 0 Å². The molecular formula is C19H26N2OS. The Morgan fingerprint density at radius 2 is 2.17 bits per heavy atom. The zero-order valence-electron chi connectivity index (χ0n) is 14.0. The van der Waals surface area contributed by atoms with Crippen LogP contribution in [-0.4, -0.2) is 29.9 Å². The number of fused-ring (bicyclic) bond motifs is 1. The van der Waals surface area contributed by atoms with Crippen molar-refractivity contribution in [2.24, 2.45) is 5.92 Å². The lowest BCUT2D eigenvalue weighted by Gasteiger charge is -2.38. The highest BCUT2D eigenvalue weighted by Crippen LogP contribution is 2.27. The number of piperidine rings is 1. The number of nitrogens with zero attached hydrogens (tertiary/aromatic N) is 1. The van der Waals surface area contributed by atoms with Crippen LogP contribution in [0.2, 0.25) is 0 Å². The van der Waals surface area contributed by atoms with Gasteiger partial charge in [-0.25, -0.2) is 0 Å². The highest BCUT2D eigenvalue weighted by molar-refractivity contribution is 7.17. The molecule has 1 aromatic heterocycles. The highest BCUT2D eigenvalue weighted by Gasteiger charge is 2.29. The summed E-state index contributed by atoms with van der Waals surface area (Å²) in [5, 5.41) is 7.41. The lowest BCUT2D eigenvalue weighted by atomic mass is 9.89. The Morgan fingerprint density at radius 1 is 1.35 bits per heavy atom. The van der Waals surface area contributed by atoms with E-state index in [1.165, 1.54) is 15.6 Å². The van der Waals surface area contributed by atoms with Crippen LogP contribution >= 0.6 is 11.3 Å². The molecule has 1 aliphatic rings. The maximum atomic E-state index is 11.9. The summed E-state index contributed by atoms with van der Waals surface area (Å²) in [5.41, 5.74) is 1.40. The second-order valence-corrected chi connectivity index (χ2v) is 7.31. The van der Waals surface area contributed by atoms with E-state index in [0.717, 1.165) is 32.5 Å². The summed E-state index contributed by atoms with van der Waals surface area (Å²) >= 11 is 1.82. The third kappa shape index (κ3) is 3.59. The first kappa shape index (κ1) is 16.5. The maximum absolute atomic E-state index is 11.9. The number of likely N-dealkylation sites (tertiary alicyclic amines) is 1. The zero-order valence-corrected chi connectivity index (χ0v) is 14.9. The van der Waals surface area contributed by atoms with Crippen molar-refractivity contribution in [1.29, 1.82) is 0 Å². The van der Waals surface area contributed by atoms with Gasteiger partial charge in [-0.1, -0.05) is 38.5 Å². The molecule has 3 nitrogen and oxygen atoms in total. The van der Waals surface area contributed by atoms with Gasteiger partial charge in [-0.05, 0) is 34.7 Å². The molecule has 2 aromatic rings. The Hall–Kier alpha value is -1.39. The topological polar surface area (TPSA) is 32.3 Å². The minimum Gasteiger partial charge on any atom is -0.342 e. The normalized spacial score (nSPS) is 21.7. The molecule has 1 aromatic carbocycles. The molecule has 1 saturated heterocycles. The van der Waals surface area contributed by atoms with Gasteiger partial charge in [0, 0.05) is 36.8 Å². The minimum atomic E-state index is 0.297. The highest BCUT2D eigenvalue weighted by atomic mass is 32.1. The van der Waals surface area contributed by atoms with Crippen LogP contribution in [0.5, 0.6) is 0 Å². The van der Waals surface area contributed by atoms with E-state index in [1.54, 1.807) is 0 Å². The fraction of sp³-hybridized carbons (Fsp3) is 0.526. The Labute approximate surface area is 142 Å². The number of rotatable bonds is 5. The van der Waals surface area contributed by atoms with Gasteiger partial charge in [-0.15, -0.1) is 11.3 Å². The second kappa shape index (κ2) is 7.45. The van der Waals surface area contributed by atoms with Gasteiger partial charge in [-0.2, -0.15) is 0 Å². The molecule has 0 radical (unpaired) electrons. The van der Waals surface area contributed by atoms with E-state index < -0.39 is 0 Å². The number of amides is 1. The molecule has 0 bridgehead atoms. The van der Waals surface area contributed by atoms with E-state index in [2.05, 4.69) is 41.9 Å². The van der Waals surface area contributed by atoms with E-state index in [4.69, 9.17) is 0 Å². The van der Waals surface area contributed by atoms with Crippen molar-refractivity contribution in [3.05, 3.63) is 35.2 Å². The first-order chi connectivity index (χ1) is 11.2. The molecule has 1 amide bonds. The molecule has 124 valence electrons. The van der Waals surface area contributed by atoms with Crippen LogP contribution in [0.25, 0.3) is 10.1 Å². The average molecular weight is 330 g/mol. The molecule has 2 atom stereocenters. The zero-order chi connectivity index (χ0) is 16.2. The molecule has 3 rings (SSSR count). The van der Waals surface area contributed by atoms with Gasteiger partial charge in [0.25, 0.3) is 0 Å². The molecule has 4 heteroatoms. The Kier molecular flexibility index (Phi) is 5.34. The lowest BCUT2D eigenvalue weighted by Crippen LogP contribution is -2.50. The summed E-state index contributed by atoms with van der Waals surface area (Å²) in [6, 6.07) is 9.13. The fourth-order valence-electron chi connectivity index (χ4n) is 3.58. The maximum Gasteiger partial charge on any atom is 0.222 e. The molecule has 2 heterocycles. The first-order valence-corrected chi connectivity index (χ1v) is 9.57. The number of benzene rings is 1. The summed E-state index contributed by atoms with van der Waals surface area (Å²) < 4.78 is 1.36. The smallest absolute Gasteiger partial charge is 0.222 e. The van der Waals surface area contributed by atoms with E-state index in [1.807, 2.05) is 23.2 Å². The fourth-order valence-corrected chi connectivity index (χ4v) is 4.54. The number of nitrogens with one attached hydrogen (secondary N) is 1. The number of carbonyl (C=O) groups excluding carboxylic acids is 1. The first-order valence-electron chi connectivity index (χ1n) is 8.69. The minimum absolute atomic E-state index is 0.297. The molecule has 0 spiro atoms. The molecule has 2 unspecified atom stereocenters. The van der Waals surface area contributed by atoms with Crippen molar-refractivity contribution in [2.75, 3.05) is 13.1 Å². The quantitative estimate of drug-likeness (QED) is 0.898. The standard InChI is InChI=1S/C19H26N2OS/c1-3-14-12-21(19(22)4-2)10-9-17(14)20-11-15-13-23-18-8-6-5-7-16(15)18/h5-8,13-14,17,20H,3-4,9-12H2,1-2H3. The van der Waals surface area contributed by atoms with E-state index >= 15 is 0 Å². The molecule has 0 aliphatic carbocycles. The SMILES string of the molecule is CCC(=O)N1CCC(NCc2csc3ccccc23)C(CC)C1. The van der Waals surface area contributed by atoms with Crippen molar-refractivity contribution in [2.45, 2.75) is 45.7 Å². The van der Waals surface area contributed by atoms with Crippen LogP contribution in [0.15, 0.2) is 29.6 Å². The van der Waals surface area contributed by atoms with Crippen LogP contribution in [0.1, 0.15) is 38.7 Å².